The second kappa shape index (κ2) is 7.10. The van der Waals surface area contributed by atoms with E-state index in [1.807, 2.05) is 17.5 Å². The summed E-state index contributed by atoms with van der Waals surface area (Å²) in [5.41, 5.74) is 1.27. The largest absolute Gasteiger partial charge is 0.508 e. The molecule has 1 aromatic carbocycles. The van der Waals surface area contributed by atoms with Gasteiger partial charge in [-0.25, -0.2) is 4.98 Å². The molecule has 0 bridgehead atoms. The molecule has 23 heavy (non-hydrogen) atoms. The Morgan fingerprint density at radius 1 is 1.35 bits per heavy atom. The monoisotopic (exact) mass is 331 g/mol. The van der Waals surface area contributed by atoms with Gasteiger partial charge in [-0.15, -0.1) is 11.3 Å². The van der Waals surface area contributed by atoms with Crippen LogP contribution in [0.1, 0.15) is 24.3 Å². The fraction of sp³-hybridized carbons (Fsp3) is 0.412. The van der Waals surface area contributed by atoms with Crippen LogP contribution in [0.2, 0.25) is 0 Å². The number of likely N-dealkylation sites (N-methyl/N-ethyl adjacent to an activating group) is 1. The molecule has 3 rings (SSSR count). The summed E-state index contributed by atoms with van der Waals surface area (Å²) in [6.07, 6.45) is 3.80. The Morgan fingerprint density at radius 2 is 2.04 bits per heavy atom. The van der Waals surface area contributed by atoms with Crippen molar-refractivity contribution in [2.75, 3.05) is 31.6 Å². The van der Waals surface area contributed by atoms with E-state index in [1.54, 1.807) is 30.3 Å². The van der Waals surface area contributed by atoms with Crippen LogP contribution in [0, 0.1) is 0 Å². The van der Waals surface area contributed by atoms with E-state index < -0.39 is 0 Å². The lowest BCUT2D eigenvalue weighted by Gasteiger charge is -2.32. The van der Waals surface area contributed by atoms with Gasteiger partial charge in [0.15, 0.2) is 5.13 Å². The standard InChI is InChI=1S/C17H21N3O2S/c1-19(17-18-8-11-23-17)16(22)12-20-9-6-14(7-10-20)13-2-4-15(21)5-3-13/h2-5,8,11,14,21H,6-7,9-10,12H2,1H3. The number of nitrogens with zero attached hydrogens (tertiary/aromatic N) is 3. The predicted octanol–water partition coefficient (Wildman–Crippen LogP) is 2.69. The van der Waals surface area contributed by atoms with Gasteiger partial charge in [0.2, 0.25) is 5.91 Å². The molecule has 1 fully saturated rings. The number of benzene rings is 1. The summed E-state index contributed by atoms with van der Waals surface area (Å²) in [4.78, 5) is 20.3. The minimum Gasteiger partial charge on any atom is -0.508 e. The van der Waals surface area contributed by atoms with Crippen LogP contribution in [-0.4, -0.2) is 47.6 Å². The van der Waals surface area contributed by atoms with Crippen molar-refractivity contribution in [2.24, 2.45) is 0 Å². The number of rotatable bonds is 4. The van der Waals surface area contributed by atoms with E-state index >= 15 is 0 Å². The molecule has 5 nitrogen and oxygen atoms in total. The zero-order valence-corrected chi connectivity index (χ0v) is 14.0. The Kier molecular flexibility index (Phi) is 4.93. The summed E-state index contributed by atoms with van der Waals surface area (Å²) >= 11 is 1.48. The van der Waals surface area contributed by atoms with Crippen LogP contribution >= 0.6 is 11.3 Å². The molecule has 6 heteroatoms. The minimum atomic E-state index is 0.0861. The highest BCUT2D eigenvalue weighted by molar-refractivity contribution is 7.13. The molecule has 2 aromatic rings. The molecule has 0 atom stereocenters. The Balaban J connectivity index is 1.51. The van der Waals surface area contributed by atoms with Gasteiger partial charge >= 0.3 is 0 Å². The predicted molar refractivity (Wildman–Crippen MR) is 92.0 cm³/mol. The molecule has 1 aliphatic heterocycles. The van der Waals surface area contributed by atoms with Crippen LogP contribution in [0.3, 0.4) is 0 Å². The summed E-state index contributed by atoms with van der Waals surface area (Å²) < 4.78 is 0. The molecule has 1 aliphatic rings. The van der Waals surface area contributed by atoms with E-state index in [0.717, 1.165) is 31.1 Å². The van der Waals surface area contributed by atoms with Crippen molar-refractivity contribution in [3.05, 3.63) is 41.4 Å². The normalized spacial score (nSPS) is 16.4. The number of likely N-dealkylation sites (tertiary alicyclic amines) is 1. The minimum absolute atomic E-state index is 0.0861. The van der Waals surface area contributed by atoms with Crippen LogP contribution in [-0.2, 0) is 4.79 Å². The summed E-state index contributed by atoms with van der Waals surface area (Å²) in [5.74, 6) is 0.906. The molecule has 0 radical (unpaired) electrons. The second-order valence-corrected chi connectivity index (χ2v) is 6.78. The zero-order valence-electron chi connectivity index (χ0n) is 13.2. The molecule has 0 aliphatic carbocycles. The molecule has 0 saturated carbocycles. The van der Waals surface area contributed by atoms with Crippen LogP contribution in [0.15, 0.2) is 35.8 Å². The van der Waals surface area contributed by atoms with Crippen molar-refractivity contribution in [2.45, 2.75) is 18.8 Å². The van der Waals surface area contributed by atoms with Crippen molar-refractivity contribution in [3.63, 3.8) is 0 Å². The molecular formula is C17H21N3O2S. The summed E-state index contributed by atoms with van der Waals surface area (Å²) in [7, 11) is 1.78. The van der Waals surface area contributed by atoms with E-state index in [1.165, 1.54) is 16.9 Å². The SMILES string of the molecule is CN(C(=O)CN1CCC(c2ccc(O)cc2)CC1)c1nccs1. The lowest BCUT2D eigenvalue weighted by Crippen LogP contribution is -2.42. The van der Waals surface area contributed by atoms with Crippen molar-refractivity contribution < 1.29 is 9.90 Å². The summed E-state index contributed by atoms with van der Waals surface area (Å²) in [6.45, 7) is 2.28. The van der Waals surface area contributed by atoms with Gasteiger partial charge in [-0.05, 0) is 49.5 Å². The number of carbonyl (C=O) groups excluding carboxylic acids is 1. The maximum Gasteiger partial charge on any atom is 0.242 e. The van der Waals surface area contributed by atoms with Gasteiger partial charge in [0.1, 0.15) is 5.75 Å². The smallest absolute Gasteiger partial charge is 0.242 e. The Labute approximate surface area is 140 Å². The van der Waals surface area contributed by atoms with Gasteiger partial charge in [0.25, 0.3) is 0 Å². The van der Waals surface area contributed by atoms with Gasteiger partial charge in [0, 0.05) is 18.6 Å². The number of piperidine rings is 1. The molecule has 0 spiro atoms. The van der Waals surface area contributed by atoms with Gasteiger partial charge in [-0.3, -0.25) is 14.6 Å². The number of anilines is 1. The Morgan fingerprint density at radius 3 is 2.65 bits per heavy atom. The number of thiazole rings is 1. The van der Waals surface area contributed by atoms with Crippen molar-refractivity contribution >= 4 is 22.4 Å². The van der Waals surface area contributed by atoms with Crippen molar-refractivity contribution in [1.29, 1.82) is 0 Å². The fourth-order valence-corrected chi connectivity index (χ4v) is 3.58. The number of hydrogen-bond acceptors (Lipinski definition) is 5. The third kappa shape index (κ3) is 3.89. The van der Waals surface area contributed by atoms with E-state index in [4.69, 9.17) is 0 Å². The number of phenolic OH excluding ortho intramolecular Hbond substituents is 1. The number of aromatic nitrogens is 1. The van der Waals surface area contributed by atoms with Gasteiger partial charge in [-0.2, -0.15) is 0 Å². The molecule has 1 N–H and O–H groups in total. The van der Waals surface area contributed by atoms with Gasteiger partial charge in [-0.1, -0.05) is 12.1 Å². The number of phenols is 1. The molecule has 1 saturated heterocycles. The maximum absolute atomic E-state index is 12.3. The first-order valence-corrected chi connectivity index (χ1v) is 8.69. The lowest BCUT2D eigenvalue weighted by atomic mass is 9.89. The van der Waals surface area contributed by atoms with Gasteiger partial charge in [0.05, 0.1) is 6.54 Å². The highest BCUT2D eigenvalue weighted by atomic mass is 32.1. The average Bonchev–Trinajstić information content (AvgIpc) is 3.10. The average molecular weight is 331 g/mol. The van der Waals surface area contributed by atoms with Crippen LogP contribution in [0.25, 0.3) is 0 Å². The molecule has 1 amide bonds. The fourth-order valence-electron chi connectivity index (χ4n) is 2.96. The maximum atomic E-state index is 12.3. The molecule has 2 heterocycles. The van der Waals surface area contributed by atoms with Gasteiger partial charge < -0.3 is 5.11 Å². The third-order valence-corrected chi connectivity index (χ3v) is 5.24. The van der Waals surface area contributed by atoms with Crippen molar-refractivity contribution in [3.8, 4) is 5.75 Å². The number of hydrogen-bond donors (Lipinski definition) is 1. The van der Waals surface area contributed by atoms with E-state index in [9.17, 15) is 9.90 Å². The Bertz CT molecular complexity index is 634. The zero-order chi connectivity index (χ0) is 16.2. The number of carbonyl (C=O) groups is 1. The van der Waals surface area contributed by atoms with Crippen LogP contribution in [0.4, 0.5) is 5.13 Å². The first-order chi connectivity index (χ1) is 11.1. The van der Waals surface area contributed by atoms with E-state index in [-0.39, 0.29) is 5.91 Å². The summed E-state index contributed by atoms with van der Waals surface area (Å²) in [5, 5.41) is 12.0. The molecule has 0 unspecified atom stereocenters. The third-order valence-electron chi connectivity index (χ3n) is 4.39. The second-order valence-electron chi connectivity index (χ2n) is 5.91. The number of amides is 1. The Hall–Kier alpha value is -1.92. The van der Waals surface area contributed by atoms with Crippen molar-refractivity contribution in [1.82, 2.24) is 9.88 Å². The highest BCUT2D eigenvalue weighted by Crippen LogP contribution is 2.29. The molecule has 1 aromatic heterocycles. The molecular weight excluding hydrogens is 310 g/mol. The topological polar surface area (TPSA) is 56.7 Å². The number of aromatic hydroxyl groups is 1. The van der Waals surface area contributed by atoms with E-state index in [0.29, 0.717) is 18.2 Å². The van der Waals surface area contributed by atoms with Crippen LogP contribution < -0.4 is 4.90 Å². The lowest BCUT2D eigenvalue weighted by molar-refractivity contribution is -0.119. The first kappa shape index (κ1) is 16.0. The quantitative estimate of drug-likeness (QED) is 0.936. The molecule has 122 valence electrons. The van der Waals surface area contributed by atoms with E-state index in [2.05, 4.69) is 9.88 Å². The highest BCUT2D eigenvalue weighted by Gasteiger charge is 2.23. The summed E-state index contributed by atoms with van der Waals surface area (Å²) in [6, 6.07) is 7.48. The van der Waals surface area contributed by atoms with Crippen LogP contribution in [0.5, 0.6) is 5.75 Å². The first-order valence-electron chi connectivity index (χ1n) is 7.81.